The number of nitrogens with zero attached hydrogens (tertiary/aromatic N) is 2. The smallest absolute Gasteiger partial charge is 0.243 e. The van der Waals surface area contributed by atoms with Crippen LogP contribution in [0.5, 0.6) is 0 Å². The molecule has 5 nitrogen and oxygen atoms in total. The van der Waals surface area contributed by atoms with Gasteiger partial charge in [-0.2, -0.15) is 0 Å². The van der Waals surface area contributed by atoms with Crippen molar-refractivity contribution < 1.29 is 4.79 Å². The number of aliphatic imine (C=N–C) groups is 1. The molecule has 1 saturated carbocycles. The van der Waals surface area contributed by atoms with Gasteiger partial charge < -0.3 is 15.5 Å². The number of nitrogens with one attached hydrogen (secondary N) is 2. The minimum Gasteiger partial charge on any atom is -0.357 e. The molecule has 2 atom stereocenters. The van der Waals surface area contributed by atoms with Crippen LogP contribution in [0.3, 0.4) is 0 Å². The Labute approximate surface area is 152 Å². The lowest BCUT2D eigenvalue weighted by molar-refractivity contribution is -0.127. The summed E-state index contributed by atoms with van der Waals surface area (Å²) in [7, 11) is 3.50. The third kappa shape index (κ3) is 8.80. The van der Waals surface area contributed by atoms with E-state index in [0.29, 0.717) is 0 Å². The van der Waals surface area contributed by atoms with Crippen LogP contribution >= 0.6 is 24.0 Å². The predicted octanol–water partition coefficient (Wildman–Crippen LogP) is 2.46. The number of carbonyl (C=O) groups excluding carboxylic acids is 1. The molecular formula is C16H33IN4O. The molecule has 0 aliphatic heterocycles. The number of amides is 1. The summed E-state index contributed by atoms with van der Waals surface area (Å²) in [5.74, 6) is 2.49. The highest BCUT2D eigenvalue weighted by Crippen LogP contribution is 2.30. The van der Waals surface area contributed by atoms with Crippen LogP contribution in [0.15, 0.2) is 4.99 Å². The Morgan fingerprint density at radius 3 is 2.59 bits per heavy atom. The first kappa shape index (κ1) is 21.5. The zero-order valence-corrected chi connectivity index (χ0v) is 16.9. The minimum atomic E-state index is 0. The maximum atomic E-state index is 11.6. The van der Waals surface area contributed by atoms with Gasteiger partial charge in [0.2, 0.25) is 5.91 Å². The number of guanidine groups is 1. The fourth-order valence-corrected chi connectivity index (χ4v) is 2.85. The van der Waals surface area contributed by atoms with E-state index in [9.17, 15) is 4.79 Å². The normalized spacial score (nSPS) is 21.7. The van der Waals surface area contributed by atoms with Gasteiger partial charge in [-0.05, 0) is 31.6 Å². The van der Waals surface area contributed by atoms with Crippen molar-refractivity contribution in [1.29, 1.82) is 0 Å². The number of hydrogen-bond acceptors (Lipinski definition) is 2. The SMILES string of the molecule is CCNC(=NCC(=O)N(C)C)NCCC1CCCC(C)C1.I. The molecule has 0 radical (unpaired) electrons. The topological polar surface area (TPSA) is 56.7 Å². The molecule has 2 N–H and O–H groups in total. The van der Waals surface area contributed by atoms with Crippen molar-refractivity contribution in [2.45, 2.75) is 46.0 Å². The highest BCUT2D eigenvalue weighted by atomic mass is 127. The third-order valence-electron chi connectivity index (χ3n) is 4.11. The summed E-state index contributed by atoms with van der Waals surface area (Å²) in [6, 6.07) is 0. The van der Waals surface area contributed by atoms with Crippen molar-refractivity contribution in [1.82, 2.24) is 15.5 Å². The highest BCUT2D eigenvalue weighted by molar-refractivity contribution is 14.0. The number of likely N-dealkylation sites (N-methyl/N-ethyl adjacent to an activating group) is 1. The average molecular weight is 424 g/mol. The standard InChI is InChI=1S/C16H32N4O.HI/c1-5-17-16(19-12-15(21)20(3)4)18-10-9-14-8-6-7-13(2)11-14;/h13-14H,5-12H2,1-4H3,(H2,17,18,19);1H. The van der Waals surface area contributed by atoms with Gasteiger partial charge in [-0.15, -0.1) is 24.0 Å². The first-order chi connectivity index (χ1) is 10.0. The Morgan fingerprint density at radius 2 is 2.00 bits per heavy atom. The summed E-state index contributed by atoms with van der Waals surface area (Å²) in [5, 5.41) is 6.54. The number of carbonyl (C=O) groups is 1. The van der Waals surface area contributed by atoms with Crippen LogP contribution in [-0.4, -0.2) is 50.5 Å². The Bertz CT molecular complexity index is 347. The molecule has 6 heteroatoms. The van der Waals surface area contributed by atoms with Crippen molar-refractivity contribution >= 4 is 35.8 Å². The Balaban J connectivity index is 0.00000441. The average Bonchev–Trinajstić information content (AvgIpc) is 2.44. The van der Waals surface area contributed by atoms with E-state index < -0.39 is 0 Å². The molecule has 1 amide bonds. The summed E-state index contributed by atoms with van der Waals surface area (Å²) in [4.78, 5) is 17.5. The van der Waals surface area contributed by atoms with Crippen LogP contribution in [0.2, 0.25) is 0 Å². The Morgan fingerprint density at radius 1 is 1.27 bits per heavy atom. The van der Waals surface area contributed by atoms with Crippen LogP contribution in [0.4, 0.5) is 0 Å². The highest BCUT2D eigenvalue weighted by Gasteiger charge is 2.18. The lowest BCUT2D eigenvalue weighted by Gasteiger charge is -2.26. The maximum Gasteiger partial charge on any atom is 0.243 e. The number of hydrogen-bond donors (Lipinski definition) is 2. The molecule has 1 aliphatic rings. The molecule has 0 aromatic heterocycles. The van der Waals surface area contributed by atoms with E-state index in [1.165, 1.54) is 32.1 Å². The molecule has 0 saturated heterocycles. The van der Waals surface area contributed by atoms with E-state index in [4.69, 9.17) is 0 Å². The monoisotopic (exact) mass is 424 g/mol. The van der Waals surface area contributed by atoms with Crippen LogP contribution in [0.1, 0.15) is 46.0 Å². The van der Waals surface area contributed by atoms with Crippen molar-refractivity contribution in [2.75, 3.05) is 33.7 Å². The molecule has 2 unspecified atom stereocenters. The summed E-state index contributed by atoms with van der Waals surface area (Å²) in [6.07, 6.45) is 6.67. The second-order valence-electron chi connectivity index (χ2n) is 6.34. The van der Waals surface area contributed by atoms with Crippen molar-refractivity contribution in [3.05, 3.63) is 0 Å². The van der Waals surface area contributed by atoms with Gasteiger partial charge in [0, 0.05) is 27.2 Å². The molecule has 0 aromatic rings. The van der Waals surface area contributed by atoms with E-state index in [1.54, 1.807) is 19.0 Å². The van der Waals surface area contributed by atoms with Gasteiger partial charge in [0.25, 0.3) is 0 Å². The first-order valence-electron chi connectivity index (χ1n) is 8.25. The van der Waals surface area contributed by atoms with Gasteiger partial charge in [0.1, 0.15) is 6.54 Å². The summed E-state index contributed by atoms with van der Waals surface area (Å²) < 4.78 is 0. The Hall–Kier alpha value is -0.530. The minimum absolute atomic E-state index is 0. The molecule has 1 aliphatic carbocycles. The van der Waals surface area contributed by atoms with Gasteiger partial charge >= 0.3 is 0 Å². The van der Waals surface area contributed by atoms with Crippen molar-refractivity contribution in [2.24, 2.45) is 16.8 Å². The molecule has 22 heavy (non-hydrogen) atoms. The summed E-state index contributed by atoms with van der Waals surface area (Å²) in [5.41, 5.74) is 0. The van der Waals surface area contributed by atoms with Crippen LogP contribution in [-0.2, 0) is 4.79 Å². The van der Waals surface area contributed by atoms with E-state index in [-0.39, 0.29) is 36.4 Å². The second kappa shape index (κ2) is 12.0. The molecule has 1 rings (SSSR count). The molecule has 0 aromatic carbocycles. The van der Waals surface area contributed by atoms with E-state index in [2.05, 4.69) is 22.5 Å². The quantitative estimate of drug-likeness (QED) is 0.391. The number of rotatable bonds is 6. The molecular weight excluding hydrogens is 391 g/mol. The molecule has 1 fully saturated rings. The summed E-state index contributed by atoms with van der Waals surface area (Å²) in [6.45, 7) is 6.33. The molecule has 0 spiro atoms. The van der Waals surface area contributed by atoms with Crippen molar-refractivity contribution in [3.63, 3.8) is 0 Å². The fourth-order valence-electron chi connectivity index (χ4n) is 2.85. The molecule has 0 bridgehead atoms. The number of halogens is 1. The lowest BCUT2D eigenvalue weighted by atomic mass is 9.81. The molecule has 130 valence electrons. The van der Waals surface area contributed by atoms with Gasteiger partial charge in [-0.25, -0.2) is 4.99 Å². The van der Waals surface area contributed by atoms with Crippen LogP contribution < -0.4 is 10.6 Å². The van der Waals surface area contributed by atoms with Gasteiger partial charge in [0.15, 0.2) is 5.96 Å². The summed E-state index contributed by atoms with van der Waals surface area (Å²) >= 11 is 0. The van der Waals surface area contributed by atoms with Gasteiger partial charge in [-0.3, -0.25) is 4.79 Å². The first-order valence-corrected chi connectivity index (χ1v) is 8.25. The van der Waals surface area contributed by atoms with E-state index >= 15 is 0 Å². The van der Waals surface area contributed by atoms with Crippen LogP contribution in [0, 0.1) is 11.8 Å². The van der Waals surface area contributed by atoms with E-state index in [1.807, 2.05) is 6.92 Å². The zero-order chi connectivity index (χ0) is 15.7. The van der Waals surface area contributed by atoms with Gasteiger partial charge in [-0.1, -0.05) is 26.2 Å². The molecule has 0 heterocycles. The van der Waals surface area contributed by atoms with Crippen LogP contribution in [0.25, 0.3) is 0 Å². The zero-order valence-electron chi connectivity index (χ0n) is 14.5. The lowest BCUT2D eigenvalue weighted by Crippen LogP contribution is -2.39. The fraction of sp³-hybridized carbons (Fsp3) is 0.875. The van der Waals surface area contributed by atoms with E-state index in [0.717, 1.165) is 30.9 Å². The second-order valence-corrected chi connectivity index (χ2v) is 6.34. The van der Waals surface area contributed by atoms with Crippen molar-refractivity contribution in [3.8, 4) is 0 Å². The Kier molecular flexibility index (Phi) is 11.7. The van der Waals surface area contributed by atoms with Gasteiger partial charge in [0.05, 0.1) is 0 Å². The predicted molar refractivity (Wildman–Crippen MR) is 104 cm³/mol. The largest absolute Gasteiger partial charge is 0.357 e. The maximum absolute atomic E-state index is 11.6. The third-order valence-corrected chi connectivity index (χ3v) is 4.11.